The maximum absolute atomic E-state index is 11.2. The summed E-state index contributed by atoms with van der Waals surface area (Å²) in [6.07, 6.45) is -0.0726. The first-order valence-corrected chi connectivity index (χ1v) is 4.65. The lowest BCUT2D eigenvalue weighted by Crippen LogP contribution is -2.56. The maximum atomic E-state index is 11.2. The van der Waals surface area contributed by atoms with Crippen molar-refractivity contribution in [2.75, 3.05) is 6.54 Å². The Bertz CT molecular complexity index is 142. The number of esters is 1. The predicted molar refractivity (Wildman–Crippen MR) is 51.4 cm³/mol. The molecule has 11 heavy (non-hydrogen) atoms. The van der Waals surface area contributed by atoms with E-state index < -0.39 is 3.42 Å². The average molecular weight is 272 g/mol. The molecular formula is C7H15INO2+. The molecule has 4 heteroatoms. The van der Waals surface area contributed by atoms with Crippen molar-refractivity contribution in [3.05, 3.63) is 0 Å². The molecule has 0 radical (unpaired) electrons. The molecule has 0 aliphatic rings. The Morgan fingerprint density at radius 3 is 2.45 bits per heavy atom. The van der Waals surface area contributed by atoms with E-state index in [-0.39, 0.29) is 12.1 Å². The highest BCUT2D eigenvalue weighted by Gasteiger charge is 2.26. The smallest absolute Gasteiger partial charge is 0.321 e. The molecule has 0 saturated heterocycles. The summed E-state index contributed by atoms with van der Waals surface area (Å²) in [5.74, 6) is -0.172. The Morgan fingerprint density at radius 1 is 1.73 bits per heavy atom. The molecule has 3 N–H and O–H groups in total. The number of carbonyl (C=O) groups is 1. The van der Waals surface area contributed by atoms with Crippen LogP contribution in [-0.4, -0.2) is 22.0 Å². The van der Waals surface area contributed by atoms with E-state index in [1.54, 1.807) is 0 Å². The molecule has 3 nitrogen and oxygen atoms in total. The number of rotatable bonds is 3. The minimum Gasteiger partial charge on any atom is -0.456 e. The van der Waals surface area contributed by atoms with Crippen LogP contribution in [0.3, 0.4) is 0 Å². The second kappa shape index (κ2) is 4.25. The summed E-state index contributed by atoms with van der Waals surface area (Å²) < 4.78 is 4.63. The molecule has 0 aliphatic heterocycles. The SMILES string of the molecule is CC(C[NH3+])OC(=O)C(C)(C)I. The van der Waals surface area contributed by atoms with Crippen LogP contribution in [0.15, 0.2) is 0 Å². The van der Waals surface area contributed by atoms with Crippen LogP contribution >= 0.6 is 22.6 Å². The topological polar surface area (TPSA) is 53.9 Å². The first-order valence-electron chi connectivity index (χ1n) is 3.57. The van der Waals surface area contributed by atoms with Crippen molar-refractivity contribution in [1.82, 2.24) is 0 Å². The summed E-state index contributed by atoms with van der Waals surface area (Å²) in [6.45, 7) is 6.11. The van der Waals surface area contributed by atoms with Crippen molar-refractivity contribution in [2.45, 2.75) is 30.3 Å². The monoisotopic (exact) mass is 272 g/mol. The Hall–Kier alpha value is 0.160. The highest BCUT2D eigenvalue weighted by Crippen LogP contribution is 2.18. The molecule has 0 rings (SSSR count). The van der Waals surface area contributed by atoms with Crippen LogP contribution in [0, 0.1) is 0 Å². The van der Waals surface area contributed by atoms with Crippen LogP contribution in [0.25, 0.3) is 0 Å². The Balaban J connectivity index is 3.88. The molecule has 1 atom stereocenters. The van der Waals surface area contributed by atoms with Crippen molar-refractivity contribution >= 4 is 28.6 Å². The van der Waals surface area contributed by atoms with Crippen LogP contribution in [-0.2, 0) is 9.53 Å². The van der Waals surface area contributed by atoms with Gasteiger partial charge in [0, 0.05) is 0 Å². The fourth-order valence-corrected chi connectivity index (χ4v) is 0.509. The lowest BCUT2D eigenvalue weighted by molar-refractivity contribution is -0.382. The zero-order valence-electron chi connectivity index (χ0n) is 7.19. The highest BCUT2D eigenvalue weighted by atomic mass is 127. The van der Waals surface area contributed by atoms with Gasteiger partial charge < -0.3 is 10.5 Å². The molecule has 0 saturated carbocycles. The van der Waals surface area contributed by atoms with Crippen LogP contribution in [0.2, 0.25) is 0 Å². The van der Waals surface area contributed by atoms with Crippen LogP contribution < -0.4 is 5.73 Å². The fraction of sp³-hybridized carbons (Fsp3) is 0.857. The number of ether oxygens (including phenoxy) is 1. The van der Waals surface area contributed by atoms with Gasteiger partial charge in [0.1, 0.15) is 16.1 Å². The molecule has 0 bridgehead atoms. The van der Waals surface area contributed by atoms with E-state index >= 15 is 0 Å². The number of quaternary nitrogens is 1. The first-order chi connectivity index (χ1) is 4.88. The van der Waals surface area contributed by atoms with Gasteiger partial charge in [-0.2, -0.15) is 0 Å². The largest absolute Gasteiger partial charge is 0.456 e. The number of carbonyl (C=O) groups excluding carboxylic acids is 1. The minimum atomic E-state index is -0.429. The van der Waals surface area contributed by atoms with Crippen LogP contribution in [0.4, 0.5) is 0 Å². The molecule has 0 aliphatic carbocycles. The Kier molecular flexibility index (Phi) is 4.31. The highest BCUT2D eigenvalue weighted by molar-refractivity contribution is 14.1. The van der Waals surface area contributed by atoms with Crippen molar-refractivity contribution in [3.8, 4) is 0 Å². The summed E-state index contributed by atoms with van der Waals surface area (Å²) in [6, 6.07) is 0. The van der Waals surface area contributed by atoms with Gasteiger partial charge in [-0.15, -0.1) is 0 Å². The molecule has 0 aromatic rings. The third kappa shape index (κ3) is 4.58. The van der Waals surface area contributed by atoms with Gasteiger partial charge in [0.25, 0.3) is 0 Å². The zero-order valence-corrected chi connectivity index (χ0v) is 9.34. The summed E-state index contributed by atoms with van der Waals surface area (Å²) in [5, 5.41) is 0. The summed E-state index contributed by atoms with van der Waals surface area (Å²) in [4.78, 5) is 11.2. The van der Waals surface area contributed by atoms with Crippen molar-refractivity contribution < 1.29 is 15.3 Å². The minimum absolute atomic E-state index is 0.0726. The number of alkyl halides is 1. The van der Waals surface area contributed by atoms with Crippen LogP contribution in [0.5, 0.6) is 0 Å². The predicted octanol–water partition coefficient (Wildman–Crippen LogP) is 0.374. The number of hydrogen-bond donors (Lipinski definition) is 1. The molecule has 1 unspecified atom stereocenters. The second-order valence-corrected chi connectivity index (χ2v) is 5.67. The lowest BCUT2D eigenvalue weighted by atomic mass is 10.2. The fourth-order valence-electron chi connectivity index (χ4n) is 0.382. The standard InChI is InChI=1S/C7H14INO2/c1-5(4-9)11-6(10)7(2,3)8/h5H,4,9H2,1-3H3/p+1. The van der Waals surface area contributed by atoms with Gasteiger partial charge >= 0.3 is 5.97 Å². The van der Waals surface area contributed by atoms with Crippen LogP contribution in [0.1, 0.15) is 20.8 Å². The molecule has 0 spiro atoms. The number of halogens is 1. The van der Waals surface area contributed by atoms with Gasteiger partial charge in [-0.25, -0.2) is 0 Å². The van der Waals surface area contributed by atoms with Gasteiger partial charge in [-0.1, -0.05) is 22.6 Å². The van der Waals surface area contributed by atoms with Gasteiger partial charge in [0.05, 0.1) is 0 Å². The van der Waals surface area contributed by atoms with Crippen molar-refractivity contribution in [3.63, 3.8) is 0 Å². The molecule has 0 heterocycles. The van der Waals surface area contributed by atoms with Crippen molar-refractivity contribution in [1.29, 1.82) is 0 Å². The van der Waals surface area contributed by atoms with E-state index in [9.17, 15) is 4.79 Å². The first kappa shape index (κ1) is 11.2. The summed E-state index contributed by atoms with van der Waals surface area (Å²) in [7, 11) is 0. The molecule has 0 amide bonds. The van der Waals surface area contributed by atoms with E-state index in [2.05, 4.69) is 28.3 Å². The van der Waals surface area contributed by atoms with E-state index in [1.165, 1.54) is 0 Å². The summed E-state index contributed by atoms with van der Waals surface area (Å²) in [5.41, 5.74) is 3.64. The Morgan fingerprint density at radius 2 is 2.18 bits per heavy atom. The number of hydrogen-bond acceptors (Lipinski definition) is 2. The lowest BCUT2D eigenvalue weighted by Gasteiger charge is -2.17. The maximum Gasteiger partial charge on any atom is 0.321 e. The third-order valence-electron chi connectivity index (χ3n) is 1.20. The van der Waals surface area contributed by atoms with Gasteiger partial charge in [-0.3, -0.25) is 4.79 Å². The van der Waals surface area contributed by atoms with Gasteiger partial charge in [0.2, 0.25) is 0 Å². The molecule has 0 fully saturated rings. The third-order valence-corrected chi connectivity index (χ3v) is 1.64. The van der Waals surface area contributed by atoms with E-state index in [0.717, 1.165) is 0 Å². The quantitative estimate of drug-likeness (QED) is 0.458. The molecule has 0 aromatic heterocycles. The normalized spacial score (nSPS) is 14.3. The van der Waals surface area contributed by atoms with E-state index in [4.69, 9.17) is 4.74 Å². The molecule has 66 valence electrons. The average Bonchev–Trinajstić information content (AvgIpc) is 1.85. The van der Waals surface area contributed by atoms with E-state index in [0.29, 0.717) is 6.54 Å². The summed E-state index contributed by atoms with van der Waals surface area (Å²) >= 11 is 2.06. The van der Waals surface area contributed by atoms with E-state index in [1.807, 2.05) is 20.8 Å². The second-order valence-electron chi connectivity index (χ2n) is 2.98. The zero-order chi connectivity index (χ0) is 9.07. The Labute approximate surface area is 80.8 Å². The van der Waals surface area contributed by atoms with Gasteiger partial charge in [0.15, 0.2) is 0 Å². The van der Waals surface area contributed by atoms with Gasteiger partial charge in [-0.05, 0) is 20.8 Å². The molecule has 0 aromatic carbocycles. The molecular weight excluding hydrogens is 257 g/mol. The van der Waals surface area contributed by atoms with Crippen molar-refractivity contribution in [2.24, 2.45) is 0 Å².